The Morgan fingerprint density at radius 2 is 2.56 bits per heavy atom. The Kier molecular flexibility index (Phi) is 3.75. The van der Waals surface area contributed by atoms with Crippen LogP contribution in [0.3, 0.4) is 0 Å². The van der Waals surface area contributed by atoms with Gasteiger partial charge in [0.15, 0.2) is 0 Å². The molecule has 0 amide bonds. The number of nitriles is 1. The highest BCUT2D eigenvalue weighted by Gasteiger charge is 2.15. The van der Waals surface area contributed by atoms with Crippen LogP contribution >= 0.6 is 11.5 Å². The summed E-state index contributed by atoms with van der Waals surface area (Å²) in [5.41, 5.74) is 1.51. The normalized spacial score (nSPS) is 19.6. The molecule has 2 rings (SSSR count). The molecule has 0 aliphatic carbocycles. The van der Waals surface area contributed by atoms with E-state index >= 15 is 0 Å². The molecule has 2 heterocycles. The number of ether oxygens (including phenoxy) is 1. The molecule has 1 fully saturated rings. The van der Waals surface area contributed by atoms with Crippen LogP contribution in [-0.4, -0.2) is 24.1 Å². The van der Waals surface area contributed by atoms with Gasteiger partial charge in [0.1, 0.15) is 16.6 Å². The Labute approximate surface area is 99.4 Å². The molecule has 5 heteroatoms. The van der Waals surface area contributed by atoms with Crippen LogP contribution in [0.2, 0.25) is 0 Å². The first-order valence-electron chi connectivity index (χ1n) is 5.49. The molecule has 1 N–H and O–H groups in total. The van der Waals surface area contributed by atoms with Crippen molar-refractivity contribution in [2.24, 2.45) is 5.92 Å². The highest BCUT2D eigenvalue weighted by atomic mass is 32.1. The van der Waals surface area contributed by atoms with Crippen molar-refractivity contribution < 1.29 is 4.74 Å². The summed E-state index contributed by atoms with van der Waals surface area (Å²) in [4.78, 5) is 0. The van der Waals surface area contributed by atoms with Gasteiger partial charge >= 0.3 is 0 Å². The fourth-order valence-electron chi connectivity index (χ4n) is 1.82. The minimum atomic E-state index is 0.673. The van der Waals surface area contributed by atoms with Gasteiger partial charge in [-0.25, -0.2) is 0 Å². The molecule has 1 aromatic heterocycles. The molecule has 0 bridgehead atoms. The lowest BCUT2D eigenvalue weighted by atomic mass is 10.1. The van der Waals surface area contributed by atoms with E-state index in [4.69, 9.17) is 10.00 Å². The van der Waals surface area contributed by atoms with Crippen LogP contribution in [0.5, 0.6) is 0 Å². The van der Waals surface area contributed by atoms with E-state index < -0.39 is 0 Å². The molecule has 1 atom stereocenters. The predicted molar refractivity (Wildman–Crippen MR) is 63.6 cm³/mol. The van der Waals surface area contributed by atoms with E-state index in [0.717, 1.165) is 43.3 Å². The fraction of sp³-hybridized carbons (Fsp3) is 0.636. The van der Waals surface area contributed by atoms with Crippen molar-refractivity contribution in [1.82, 2.24) is 4.37 Å². The number of nitrogens with zero attached hydrogens (tertiary/aromatic N) is 2. The predicted octanol–water partition coefficient (Wildman–Crippen LogP) is 2.16. The Hall–Kier alpha value is -1.12. The molecule has 1 aliphatic heterocycles. The first kappa shape index (κ1) is 11.4. The van der Waals surface area contributed by atoms with Crippen LogP contribution in [0.15, 0.2) is 0 Å². The third kappa shape index (κ3) is 2.52. The fourth-order valence-corrected chi connectivity index (χ4v) is 2.59. The molecule has 1 aromatic rings. The molecule has 16 heavy (non-hydrogen) atoms. The number of hydrogen-bond donors (Lipinski definition) is 1. The number of anilines is 1. The van der Waals surface area contributed by atoms with E-state index in [9.17, 15) is 0 Å². The third-order valence-electron chi connectivity index (χ3n) is 2.84. The van der Waals surface area contributed by atoms with Crippen molar-refractivity contribution in [2.75, 3.05) is 25.1 Å². The van der Waals surface area contributed by atoms with E-state index in [1.54, 1.807) is 0 Å². The molecule has 1 unspecified atom stereocenters. The van der Waals surface area contributed by atoms with Gasteiger partial charge in [0.2, 0.25) is 0 Å². The molecule has 0 spiro atoms. The van der Waals surface area contributed by atoms with Crippen molar-refractivity contribution in [1.29, 1.82) is 5.26 Å². The third-order valence-corrected chi connectivity index (χ3v) is 3.73. The van der Waals surface area contributed by atoms with Gasteiger partial charge in [-0.05, 0) is 37.2 Å². The standard InChI is InChI=1S/C11H15N3OS/c1-8-10(6-12)11(16-14-8)13-4-2-9-3-5-15-7-9/h9,13H,2-5,7H2,1H3. The second-order valence-electron chi connectivity index (χ2n) is 4.03. The molecule has 0 radical (unpaired) electrons. The largest absolute Gasteiger partial charge is 0.381 e. The summed E-state index contributed by atoms with van der Waals surface area (Å²) in [6.45, 7) is 4.54. The lowest BCUT2D eigenvalue weighted by Gasteiger charge is -2.08. The van der Waals surface area contributed by atoms with Crippen LogP contribution in [-0.2, 0) is 4.74 Å². The second kappa shape index (κ2) is 5.28. The average molecular weight is 237 g/mol. The van der Waals surface area contributed by atoms with Gasteiger partial charge < -0.3 is 10.1 Å². The zero-order valence-electron chi connectivity index (χ0n) is 9.32. The summed E-state index contributed by atoms with van der Waals surface area (Å²) >= 11 is 1.37. The van der Waals surface area contributed by atoms with Gasteiger partial charge in [-0.1, -0.05) is 0 Å². The summed E-state index contributed by atoms with van der Waals surface area (Å²) in [6.07, 6.45) is 2.26. The lowest BCUT2D eigenvalue weighted by molar-refractivity contribution is 0.185. The maximum absolute atomic E-state index is 8.96. The number of nitrogens with one attached hydrogen (secondary N) is 1. The summed E-state index contributed by atoms with van der Waals surface area (Å²) in [7, 11) is 0. The topological polar surface area (TPSA) is 57.9 Å². The van der Waals surface area contributed by atoms with Crippen molar-refractivity contribution in [3.05, 3.63) is 11.3 Å². The van der Waals surface area contributed by atoms with E-state index in [0.29, 0.717) is 11.5 Å². The van der Waals surface area contributed by atoms with Gasteiger partial charge in [0, 0.05) is 19.8 Å². The van der Waals surface area contributed by atoms with Gasteiger partial charge in [-0.2, -0.15) is 9.64 Å². The zero-order chi connectivity index (χ0) is 11.4. The molecule has 0 aromatic carbocycles. The van der Waals surface area contributed by atoms with Crippen molar-refractivity contribution in [2.45, 2.75) is 19.8 Å². The Bertz CT molecular complexity index is 390. The molecular weight excluding hydrogens is 222 g/mol. The maximum atomic E-state index is 8.96. The number of hydrogen-bond acceptors (Lipinski definition) is 5. The van der Waals surface area contributed by atoms with Crippen LogP contribution in [0.4, 0.5) is 5.00 Å². The first-order chi connectivity index (χ1) is 7.81. The molecule has 86 valence electrons. The average Bonchev–Trinajstić information content (AvgIpc) is 2.89. The Morgan fingerprint density at radius 3 is 3.25 bits per heavy atom. The highest BCUT2D eigenvalue weighted by molar-refractivity contribution is 7.10. The van der Waals surface area contributed by atoms with Crippen molar-refractivity contribution in [3.8, 4) is 6.07 Å². The summed E-state index contributed by atoms with van der Waals surface area (Å²) in [6, 6.07) is 2.18. The van der Waals surface area contributed by atoms with Gasteiger partial charge in [-0.15, -0.1) is 0 Å². The lowest BCUT2D eigenvalue weighted by Crippen LogP contribution is -2.08. The minimum absolute atomic E-state index is 0.673. The molecular formula is C11H15N3OS. The second-order valence-corrected chi connectivity index (χ2v) is 4.80. The van der Waals surface area contributed by atoms with E-state index in [2.05, 4.69) is 15.8 Å². The molecule has 1 aliphatic rings. The van der Waals surface area contributed by atoms with Gasteiger partial charge in [0.05, 0.1) is 5.69 Å². The van der Waals surface area contributed by atoms with Crippen molar-refractivity contribution in [3.63, 3.8) is 0 Å². The van der Waals surface area contributed by atoms with E-state index in [1.165, 1.54) is 11.5 Å². The smallest absolute Gasteiger partial charge is 0.127 e. The first-order valence-corrected chi connectivity index (χ1v) is 6.26. The van der Waals surface area contributed by atoms with E-state index in [1.807, 2.05) is 6.92 Å². The van der Waals surface area contributed by atoms with E-state index in [-0.39, 0.29) is 0 Å². The number of rotatable bonds is 4. The summed E-state index contributed by atoms with van der Waals surface area (Å²) < 4.78 is 9.49. The highest BCUT2D eigenvalue weighted by Crippen LogP contribution is 2.24. The monoisotopic (exact) mass is 237 g/mol. The van der Waals surface area contributed by atoms with Crippen LogP contribution in [0.25, 0.3) is 0 Å². The van der Waals surface area contributed by atoms with Crippen LogP contribution in [0, 0.1) is 24.2 Å². The van der Waals surface area contributed by atoms with Crippen molar-refractivity contribution >= 4 is 16.5 Å². The minimum Gasteiger partial charge on any atom is -0.381 e. The van der Waals surface area contributed by atoms with Gasteiger partial charge in [0.25, 0.3) is 0 Å². The van der Waals surface area contributed by atoms with Crippen LogP contribution in [0.1, 0.15) is 24.1 Å². The quantitative estimate of drug-likeness (QED) is 0.871. The molecule has 0 saturated carbocycles. The Balaban J connectivity index is 1.82. The number of aryl methyl sites for hydroxylation is 1. The summed E-state index contributed by atoms with van der Waals surface area (Å²) in [5.74, 6) is 0.673. The Morgan fingerprint density at radius 1 is 1.69 bits per heavy atom. The zero-order valence-corrected chi connectivity index (χ0v) is 10.1. The molecule has 1 saturated heterocycles. The maximum Gasteiger partial charge on any atom is 0.127 e. The summed E-state index contributed by atoms with van der Waals surface area (Å²) in [5, 5.41) is 13.1. The molecule has 4 nitrogen and oxygen atoms in total. The number of aromatic nitrogens is 1. The van der Waals surface area contributed by atoms with Crippen LogP contribution < -0.4 is 5.32 Å². The SMILES string of the molecule is Cc1nsc(NCCC2CCOC2)c1C#N. The van der Waals surface area contributed by atoms with Gasteiger partial charge in [-0.3, -0.25) is 0 Å².